The minimum Gasteiger partial charge on any atom is -0.495 e. The summed E-state index contributed by atoms with van der Waals surface area (Å²) in [7, 11) is 1.65. The number of amides is 1. The zero-order valence-electron chi connectivity index (χ0n) is 18.6. The summed E-state index contributed by atoms with van der Waals surface area (Å²) in [6.45, 7) is 7.90. The minimum atomic E-state index is -0.555. The van der Waals surface area contributed by atoms with Crippen LogP contribution >= 0.6 is 0 Å². The highest BCUT2D eigenvalue weighted by molar-refractivity contribution is 5.81. The third kappa shape index (κ3) is 5.69. The Kier molecular flexibility index (Phi) is 7.39. The predicted molar refractivity (Wildman–Crippen MR) is 119 cm³/mol. The fourth-order valence-electron chi connectivity index (χ4n) is 3.89. The third-order valence-electron chi connectivity index (χ3n) is 5.35. The van der Waals surface area contributed by atoms with Crippen molar-refractivity contribution in [3.8, 4) is 11.5 Å². The molecule has 0 radical (unpaired) electrons. The number of hydrogen-bond donors (Lipinski definition) is 0. The molecule has 1 aliphatic rings. The van der Waals surface area contributed by atoms with E-state index in [1.54, 1.807) is 12.0 Å². The van der Waals surface area contributed by atoms with Gasteiger partial charge in [0.15, 0.2) is 13.2 Å². The first-order valence-electron chi connectivity index (χ1n) is 10.4. The van der Waals surface area contributed by atoms with Crippen LogP contribution in [0.15, 0.2) is 36.4 Å². The second-order valence-electron chi connectivity index (χ2n) is 7.72. The van der Waals surface area contributed by atoms with Crippen LogP contribution in [0.3, 0.4) is 0 Å². The lowest BCUT2D eigenvalue weighted by Crippen LogP contribution is -2.50. The molecule has 0 aliphatic carbocycles. The average molecular weight is 427 g/mol. The Bertz CT molecular complexity index is 912. The van der Waals surface area contributed by atoms with Crippen LogP contribution in [0.2, 0.25) is 0 Å². The molecule has 0 aromatic heterocycles. The topological polar surface area (TPSA) is 68.3 Å². The van der Waals surface area contributed by atoms with Crippen LogP contribution in [-0.2, 0) is 14.3 Å². The molecule has 0 saturated carbocycles. The zero-order chi connectivity index (χ0) is 22.4. The molecule has 1 heterocycles. The summed E-state index contributed by atoms with van der Waals surface area (Å²) in [6.07, 6.45) is 0. The van der Waals surface area contributed by atoms with E-state index in [1.165, 1.54) is 0 Å². The van der Waals surface area contributed by atoms with Crippen LogP contribution in [0.25, 0.3) is 0 Å². The Hall–Kier alpha value is -3.22. The van der Waals surface area contributed by atoms with Gasteiger partial charge in [0.1, 0.15) is 11.5 Å². The lowest BCUT2D eigenvalue weighted by Gasteiger charge is -2.36. The number of ether oxygens (including phenoxy) is 3. The van der Waals surface area contributed by atoms with E-state index in [4.69, 9.17) is 14.2 Å². The number of benzene rings is 2. The number of nitrogens with zero attached hydrogens (tertiary/aromatic N) is 2. The second kappa shape index (κ2) is 10.2. The van der Waals surface area contributed by atoms with Gasteiger partial charge >= 0.3 is 5.97 Å². The molecule has 0 unspecified atom stereocenters. The van der Waals surface area contributed by atoms with E-state index in [0.29, 0.717) is 31.9 Å². The van der Waals surface area contributed by atoms with Crippen molar-refractivity contribution < 1.29 is 23.8 Å². The van der Waals surface area contributed by atoms with Gasteiger partial charge in [-0.05, 0) is 44.0 Å². The average Bonchev–Trinajstić information content (AvgIpc) is 2.76. The van der Waals surface area contributed by atoms with Gasteiger partial charge in [-0.25, -0.2) is 4.79 Å². The highest BCUT2D eigenvalue weighted by Crippen LogP contribution is 2.28. The molecule has 1 fully saturated rings. The summed E-state index contributed by atoms with van der Waals surface area (Å²) in [5.41, 5.74) is 4.09. The van der Waals surface area contributed by atoms with Crippen molar-refractivity contribution >= 4 is 17.6 Å². The van der Waals surface area contributed by atoms with E-state index in [-0.39, 0.29) is 19.1 Å². The Morgan fingerprint density at radius 2 is 1.58 bits per heavy atom. The third-order valence-corrected chi connectivity index (χ3v) is 5.35. The monoisotopic (exact) mass is 426 g/mol. The van der Waals surface area contributed by atoms with Gasteiger partial charge in [0.05, 0.1) is 12.8 Å². The maximum Gasteiger partial charge on any atom is 0.344 e. The van der Waals surface area contributed by atoms with Crippen LogP contribution < -0.4 is 14.4 Å². The first kappa shape index (κ1) is 22.5. The number of esters is 1. The van der Waals surface area contributed by atoms with Gasteiger partial charge in [-0.15, -0.1) is 0 Å². The van der Waals surface area contributed by atoms with E-state index in [0.717, 1.165) is 28.1 Å². The molecule has 1 aliphatic heterocycles. The van der Waals surface area contributed by atoms with E-state index in [9.17, 15) is 9.59 Å². The van der Waals surface area contributed by atoms with Crippen molar-refractivity contribution in [3.05, 3.63) is 53.1 Å². The van der Waals surface area contributed by atoms with Gasteiger partial charge in [-0.3, -0.25) is 4.79 Å². The molecule has 166 valence electrons. The van der Waals surface area contributed by atoms with E-state index < -0.39 is 5.97 Å². The molecule has 31 heavy (non-hydrogen) atoms. The molecule has 3 rings (SSSR count). The summed E-state index contributed by atoms with van der Waals surface area (Å²) >= 11 is 0. The molecule has 2 aromatic carbocycles. The van der Waals surface area contributed by atoms with Crippen molar-refractivity contribution in [3.63, 3.8) is 0 Å². The highest BCUT2D eigenvalue weighted by Gasteiger charge is 2.23. The largest absolute Gasteiger partial charge is 0.495 e. The Balaban J connectivity index is 1.44. The van der Waals surface area contributed by atoms with Gasteiger partial charge in [-0.2, -0.15) is 0 Å². The molecular formula is C24H30N2O5. The fourth-order valence-corrected chi connectivity index (χ4v) is 3.89. The highest BCUT2D eigenvalue weighted by atomic mass is 16.6. The van der Waals surface area contributed by atoms with Gasteiger partial charge in [0.25, 0.3) is 5.91 Å². The first-order chi connectivity index (χ1) is 14.9. The first-order valence-corrected chi connectivity index (χ1v) is 10.4. The normalized spacial score (nSPS) is 13.7. The smallest absolute Gasteiger partial charge is 0.344 e. The van der Waals surface area contributed by atoms with Crippen LogP contribution in [-0.4, -0.2) is 63.3 Å². The number of carbonyl (C=O) groups is 2. The maximum absolute atomic E-state index is 12.5. The summed E-state index contributed by atoms with van der Waals surface area (Å²) in [6, 6.07) is 11.8. The predicted octanol–water partition coefficient (Wildman–Crippen LogP) is 2.89. The van der Waals surface area contributed by atoms with E-state index in [2.05, 4.69) is 4.90 Å². The SMILES string of the molecule is COc1ccccc1N1CCN(C(=O)COC(=O)COc2c(C)cc(C)cc2C)CC1. The Morgan fingerprint density at radius 3 is 2.23 bits per heavy atom. The standard InChI is InChI=1S/C24H30N2O5/c1-17-13-18(2)24(19(3)14-17)31-16-23(28)30-15-22(27)26-11-9-25(10-12-26)20-7-5-6-8-21(20)29-4/h5-8,13-14H,9-12,15-16H2,1-4H3. The van der Waals surface area contributed by atoms with Gasteiger partial charge in [0.2, 0.25) is 0 Å². The number of piperazine rings is 1. The van der Waals surface area contributed by atoms with Crippen LogP contribution in [0.1, 0.15) is 16.7 Å². The van der Waals surface area contributed by atoms with Crippen molar-refractivity contribution in [2.75, 3.05) is 51.4 Å². The summed E-state index contributed by atoms with van der Waals surface area (Å²) in [5, 5.41) is 0. The van der Waals surface area contributed by atoms with Crippen molar-refractivity contribution in [1.29, 1.82) is 0 Å². The molecular weight excluding hydrogens is 396 g/mol. The van der Waals surface area contributed by atoms with Crippen molar-refractivity contribution in [2.24, 2.45) is 0 Å². The zero-order valence-corrected chi connectivity index (χ0v) is 18.6. The Labute approximate surface area is 183 Å². The number of aryl methyl sites for hydroxylation is 3. The molecule has 7 heteroatoms. The summed E-state index contributed by atoms with van der Waals surface area (Å²) < 4.78 is 16.2. The van der Waals surface area contributed by atoms with E-state index in [1.807, 2.05) is 57.2 Å². The number of para-hydroxylation sites is 2. The molecule has 0 spiro atoms. The van der Waals surface area contributed by atoms with Gasteiger partial charge in [0, 0.05) is 26.2 Å². The molecule has 7 nitrogen and oxygen atoms in total. The molecule has 1 saturated heterocycles. The van der Waals surface area contributed by atoms with Crippen LogP contribution in [0.5, 0.6) is 11.5 Å². The number of carbonyl (C=O) groups excluding carboxylic acids is 2. The van der Waals surface area contributed by atoms with Crippen molar-refractivity contribution in [1.82, 2.24) is 4.90 Å². The quantitative estimate of drug-likeness (QED) is 0.634. The lowest BCUT2D eigenvalue weighted by molar-refractivity contribution is -0.153. The van der Waals surface area contributed by atoms with Crippen molar-refractivity contribution in [2.45, 2.75) is 20.8 Å². The summed E-state index contributed by atoms with van der Waals surface area (Å²) in [4.78, 5) is 28.4. The molecule has 0 atom stereocenters. The Morgan fingerprint density at radius 1 is 0.935 bits per heavy atom. The fraction of sp³-hybridized carbons (Fsp3) is 0.417. The number of hydrogen-bond acceptors (Lipinski definition) is 6. The molecule has 2 aromatic rings. The number of anilines is 1. The second-order valence-corrected chi connectivity index (χ2v) is 7.72. The van der Waals surface area contributed by atoms with Gasteiger partial charge in [-0.1, -0.05) is 29.8 Å². The lowest BCUT2D eigenvalue weighted by atomic mass is 10.1. The number of rotatable bonds is 7. The summed E-state index contributed by atoms with van der Waals surface area (Å²) in [5.74, 6) is 0.743. The van der Waals surface area contributed by atoms with Crippen LogP contribution in [0.4, 0.5) is 5.69 Å². The van der Waals surface area contributed by atoms with Crippen LogP contribution in [0, 0.1) is 20.8 Å². The molecule has 1 amide bonds. The molecule has 0 bridgehead atoms. The van der Waals surface area contributed by atoms with E-state index >= 15 is 0 Å². The van der Waals surface area contributed by atoms with Gasteiger partial charge < -0.3 is 24.0 Å². The number of methoxy groups -OCH3 is 1. The minimum absolute atomic E-state index is 0.198. The molecule has 0 N–H and O–H groups in total. The maximum atomic E-state index is 12.5.